The number of thiophene rings is 1. The molecule has 0 radical (unpaired) electrons. The fraction of sp³-hybridized carbons (Fsp3) is 0.125. The van der Waals surface area contributed by atoms with Crippen LogP contribution in [0.1, 0.15) is 25.8 Å². The first-order valence-electron chi connectivity index (χ1n) is 6.77. The zero-order chi connectivity index (χ0) is 17.3. The Bertz CT molecular complexity index is 853. The Morgan fingerprint density at radius 1 is 1.17 bits per heavy atom. The van der Waals surface area contributed by atoms with Crippen LogP contribution >= 0.6 is 22.7 Å². The quantitative estimate of drug-likeness (QED) is 0.689. The molecule has 0 fully saturated rings. The van der Waals surface area contributed by atoms with Gasteiger partial charge in [-0.15, -0.1) is 22.7 Å². The van der Waals surface area contributed by atoms with Crippen LogP contribution in [0.15, 0.2) is 41.8 Å². The molecule has 0 aliphatic rings. The van der Waals surface area contributed by atoms with E-state index in [-0.39, 0.29) is 4.88 Å². The van der Waals surface area contributed by atoms with Gasteiger partial charge in [0.05, 0.1) is 11.3 Å². The van der Waals surface area contributed by atoms with Crippen molar-refractivity contribution in [2.45, 2.75) is 12.6 Å². The molecular formula is C16H10F3NO2S2. The van der Waals surface area contributed by atoms with Gasteiger partial charge in [-0.1, -0.05) is 18.2 Å². The molecule has 24 heavy (non-hydrogen) atoms. The molecule has 0 saturated carbocycles. The highest BCUT2D eigenvalue weighted by Gasteiger charge is 2.30. The van der Waals surface area contributed by atoms with E-state index < -0.39 is 17.7 Å². The zero-order valence-electron chi connectivity index (χ0n) is 12.0. The van der Waals surface area contributed by atoms with Crippen LogP contribution in [0, 0.1) is 0 Å². The van der Waals surface area contributed by atoms with E-state index in [1.54, 1.807) is 0 Å². The van der Waals surface area contributed by atoms with Crippen molar-refractivity contribution >= 4 is 28.6 Å². The lowest BCUT2D eigenvalue weighted by atomic mass is 10.1. The van der Waals surface area contributed by atoms with Crippen molar-refractivity contribution < 1.29 is 23.1 Å². The van der Waals surface area contributed by atoms with E-state index in [2.05, 4.69) is 4.98 Å². The Labute approximate surface area is 143 Å². The summed E-state index contributed by atoms with van der Waals surface area (Å²) >= 11 is 2.46. The van der Waals surface area contributed by atoms with E-state index in [9.17, 15) is 23.1 Å². The molecule has 0 atom stereocenters. The van der Waals surface area contributed by atoms with Crippen LogP contribution in [0.5, 0.6) is 0 Å². The number of carbonyl (C=O) groups is 1. The number of aromatic nitrogens is 1. The van der Waals surface area contributed by atoms with Crippen molar-refractivity contribution in [1.29, 1.82) is 0 Å². The fourth-order valence-corrected chi connectivity index (χ4v) is 3.78. The van der Waals surface area contributed by atoms with Crippen LogP contribution in [0.25, 0.3) is 10.6 Å². The average molecular weight is 369 g/mol. The molecule has 1 aromatic carbocycles. The fourth-order valence-electron chi connectivity index (χ4n) is 2.14. The van der Waals surface area contributed by atoms with E-state index in [1.807, 2.05) is 17.5 Å². The van der Waals surface area contributed by atoms with Crippen molar-refractivity contribution in [2.24, 2.45) is 0 Å². The number of thiazole rings is 1. The van der Waals surface area contributed by atoms with E-state index in [0.29, 0.717) is 22.7 Å². The zero-order valence-corrected chi connectivity index (χ0v) is 13.6. The summed E-state index contributed by atoms with van der Waals surface area (Å²) in [5.41, 5.74) is 0.137. The second-order valence-electron chi connectivity index (χ2n) is 4.93. The van der Waals surface area contributed by atoms with Crippen LogP contribution in [0.2, 0.25) is 0 Å². The van der Waals surface area contributed by atoms with Gasteiger partial charge in [0.2, 0.25) is 0 Å². The molecule has 2 aromatic heterocycles. The summed E-state index contributed by atoms with van der Waals surface area (Å²) in [6.45, 7) is 0. The molecular weight excluding hydrogens is 359 g/mol. The molecule has 3 nitrogen and oxygen atoms in total. The lowest BCUT2D eigenvalue weighted by molar-refractivity contribution is -0.137. The Kier molecular flexibility index (Phi) is 4.42. The maximum absolute atomic E-state index is 12.6. The molecule has 0 bridgehead atoms. The predicted molar refractivity (Wildman–Crippen MR) is 86.6 cm³/mol. The number of hydrogen-bond acceptors (Lipinski definition) is 4. The second-order valence-corrected chi connectivity index (χ2v) is 6.96. The molecule has 0 amide bonds. The molecule has 3 rings (SSSR count). The third-order valence-electron chi connectivity index (χ3n) is 3.27. The van der Waals surface area contributed by atoms with E-state index in [1.165, 1.54) is 23.5 Å². The highest BCUT2D eigenvalue weighted by Crippen LogP contribution is 2.33. The van der Waals surface area contributed by atoms with Crippen LogP contribution in [-0.2, 0) is 12.6 Å². The van der Waals surface area contributed by atoms with Crippen molar-refractivity contribution in [3.05, 3.63) is 62.8 Å². The Morgan fingerprint density at radius 3 is 2.42 bits per heavy atom. The first-order chi connectivity index (χ1) is 11.3. The van der Waals surface area contributed by atoms with Gasteiger partial charge in [-0.05, 0) is 23.6 Å². The van der Waals surface area contributed by atoms with Crippen molar-refractivity contribution in [1.82, 2.24) is 4.98 Å². The maximum Gasteiger partial charge on any atom is 0.416 e. The lowest BCUT2D eigenvalue weighted by Crippen LogP contribution is -2.03. The third-order valence-corrected chi connectivity index (χ3v) is 5.28. The van der Waals surface area contributed by atoms with Gasteiger partial charge < -0.3 is 5.11 Å². The standard InChI is InChI=1S/C16H10F3NO2S2/c17-16(18,19)10-5-3-9(4-6-10)14-20-12(13(24-14)15(21)22)8-11-2-1-7-23-11/h1-7H,8H2,(H,21,22). The first kappa shape index (κ1) is 16.7. The molecule has 0 unspecified atom stereocenters. The topological polar surface area (TPSA) is 50.2 Å². The molecule has 8 heteroatoms. The Morgan fingerprint density at radius 2 is 1.88 bits per heavy atom. The van der Waals surface area contributed by atoms with Gasteiger partial charge in [-0.3, -0.25) is 0 Å². The predicted octanol–water partition coefficient (Wildman–Crippen LogP) is 5.18. The number of carboxylic acids is 1. The minimum atomic E-state index is -4.40. The number of halogens is 3. The number of carboxylic acid groups (broad SMARTS) is 1. The molecule has 0 aliphatic heterocycles. The Balaban J connectivity index is 1.95. The number of nitrogens with zero attached hydrogens (tertiary/aromatic N) is 1. The van der Waals surface area contributed by atoms with Crippen molar-refractivity contribution in [3.63, 3.8) is 0 Å². The normalized spacial score (nSPS) is 11.6. The van der Waals surface area contributed by atoms with Crippen LogP contribution < -0.4 is 0 Å². The van der Waals surface area contributed by atoms with Gasteiger partial charge in [0, 0.05) is 16.9 Å². The summed E-state index contributed by atoms with van der Waals surface area (Å²) in [6, 6.07) is 8.30. The first-order valence-corrected chi connectivity index (χ1v) is 8.47. The summed E-state index contributed by atoms with van der Waals surface area (Å²) in [7, 11) is 0. The molecule has 1 N–H and O–H groups in total. The molecule has 3 aromatic rings. The monoisotopic (exact) mass is 369 g/mol. The van der Waals surface area contributed by atoms with Crippen molar-refractivity contribution in [2.75, 3.05) is 0 Å². The summed E-state index contributed by atoms with van der Waals surface area (Å²) in [6.07, 6.45) is -4.02. The highest BCUT2D eigenvalue weighted by molar-refractivity contribution is 7.17. The van der Waals surface area contributed by atoms with Crippen LogP contribution in [0.4, 0.5) is 13.2 Å². The minimum Gasteiger partial charge on any atom is -0.477 e. The summed E-state index contributed by atoms with van der Waals surface area (Å²) in [4.78, 5) is 16.8. The smallest absolute Gasteiger partial charge is 0.416 e. The van der Waals surface area contributed by atoms with Gasteiger partial charge in [0.25, 0.3) is 0 Å². The number of benzene rings is 1. The second kappa shape index (κ2) is 6.37. The number of alkyl halides is 3. The van der Waals surface area contributed by atoms with Gasteiger partial charge in [-0.25, -0.2) is 9.78 Å². The van der Waals surface area contributed by atoms with Crippen LogP contribution in [-0.4, -0.2) is 16.1 Å². The summed E-state index contributed by atoms with van der Waals surface area (Å²) in [5.74, 6) is -1.09. The molecule has 2 heterocycles. The highest BCUT2D eigenvalue weighted by atomic mass is 32.1. The lowest BCUT2D eigenvalue weighted by Gasteiger charge is -2.06. The minimum absolute atomic E-state index is 0.110. The maximum atomic E-state index is 12.6. The molecule has 124 valence electrons. The average Bonchev–Trinajstić information content (AvgIpc) is 3.16. The largest absolute Gasteiger partial charge is 0.477 e. The van der Waals surface area contributed by atoms with E-state index >= 15 is 0 Å². The van der Waals surface area contributed by atoms with Gasteiger partial charge in [0.1, 0.15) is 9.88 Å². The van der Waals surface area contributed by atoms with E-state index in [0.717, 1.165) is 28.3 Å². The molecule has 0 aliphatic carbocycles. The van der Waals surface area contributed by atoms with Gasteiger partial charge in [-0.2, -0.15) is 13.2 Å². The summed E-state index contributed by atoms with van der Waals surface area (Å²) < 4.78 is 37.9. The SMILES string of the molecule is O=C(O)c1sc(-c2ccc(C(F)(F)F)cc2)nc1Cc1cccs1. The molecule has 0 spiro atoms. The number of rotatable bonds is 4. The van der Waals surface area contributed by atoms with Gasteiger partial charge >= 0.3 is 12.1 Å². The third kappa shape index (κ3) is 3.49. The molecule has 0 saturated heterocycles. The van der Waals surface area contributed by atoms with Gasteiger partial charge in [0.15, 0.2) is 0 Å². The van der Waals surface area contributed by atoms with Crippen molar-refractivity contribution in [3.8, 4) is 10.6 Å². The Hall–Kier alpha value is -2.19. The number of hydrogen-bond donors (Lipinski definition) is 1. The number of aromatic carboxylic acids is 1. The van der Waals surface area contributed by atoms with Crippen LogP contribution in [0.3, 0.4) is 0 Å². The summed E-state index contributed by atoms with van der Waals surface area (Å²) in [5, 5.41) is 11.6. The van der Waals surface area contributed by atoms with E-state index in [4.69, 9.17) is 0 Å².